The van der Waals surface area contributed by atoms with Gasteiger partial charge >= 0.3 is 6.18 Å². The van der Waals surface area contributed by atoms with E-state index in [1.165, 1.54) is 18.9 Å². The van der Waals surface area contributed by atoms with Crippen LogP contribution in [0.3, 0.4) is 0 Å². The summed E-state index contributed by atoms with van der Waals surface area (Å²) in [4.78, 5) is 3.61. The molecule has 1 fully saturated rings. The molecule has 1 N–H and O–H groups in total. The highest BCUT2D eigenvalue weighted by atomic mass is 19.4. The van der Waals surface area contributed by atoms with Gasteiger partial charge in [0.15, 0.2) is 0 Å². The summed E-state index contributed by atoms with van der Waals surface area (Å²) < 4.78 is 37.6. The van der Waals surface area contributed by atoms with Crippen LogP contribution in [0.25, 0.3) is 0 Å². The van der Waals surface area contributed by atoms with Crippen molar-refractivity contribution in [3.8, 4) is 0 Å². The molecule has 1 aliphatic carbocycles. The molecule has 2 rings (SSSR count). The zero-order valence-corrected chi connectivity index (χ0v) is 11.0. The van der Waals surface area contributed by atoms with Crippen LogP contribution >= 0.6 is 0 Å². The Hall–Kier alpha value is -1.26. The molecule has 1 saturated carbocycles. The van der Waals surface area contributed by atoms with Gasteiger partial charge in [0.1, 0.15) is 11.5 Å². The Balaban J connectivity index is 1.92. The summed E-state index contributed by atoms with van der Waals surface area (Å²) in [7, 11) is 0. The van der Waals surface area contributed by atoms with E-state index in [9.17, 15) is 13.2 Å². The quantitative estimate of drug-likeness (QED) is 0.885. The van der Waals surface area contributed by atoms with E-state index >= 15 is 0 Å². The minimum Gasteiger partial charge on any atom is -0.370 e. The summed E-state index contributed by atoms with van der Waals surface area (Å²) in [5.41, 5.74) is -0.838. The average molecular weight is 272 g/mol. The van der Waals surface area contributed by atoms with E-state index in [-0.39, 0.29) is 0 Å². The molecule has 106 valence electrons. The molecule has 0 radical (unpaired) electrons. The maximum Gasteiger partial charge on any atom is 0.433 e. The van der Waals surface area contributed by atoms with E-state index in [2.05, 4.69) is 17.2 Å². The second kappa shape index (κ2) is 5.80. The third-order valence-electron chi connectivity index (χ3n) is 3.66. The molecule has 0 aromatic carbocycles. The fourth-order valence-corrected chi connectivity index (χ4v) is 2.69. The monoisotopic (exact) mass is 272 g/mol. The van der Waals surface area contributed by atoms with Gasteiger partial charge < -0.3 is 5.32 Å². The van der Waals surface area contributed by atoms with Gasteiger partial charge in [0, 0.05) is 6.54 Å². The molecular weight excluding hydrogens is 253 g/mol. The van der Waals surface area contributed by atoms with Crippen LogP contribution in [0, 0.1) is 11.8 Å². The summed E-state index contributed by atoms with van der Waals surface area (Å²) in [6.07, 6.45) is 0.390. The second-order valence-corrected chi connectivity index (χ2v) is 5.42. The first-order chi connectivity index (χ1) is 8.95. The third-order valence-corrected chi connectivity index (χ3v) is 3.66. The highest BCUT2D eigenvalue weighted by Crippen LogP contribution is 2.30. The van der Waals surface area contributed by atoms with Crippen LogP contribution in [0.4, 0.5) is 19.0 Å². The first-order valence-corrected chi connectivity index (χ1v) is 6.73. The van der Waals surface area contributed by atoms with Gasteiger partial charge in [-0.25, -0.2) is 4.98 Å². The number of pyridine rings is 1. The summed E-state index contributed by atoms with van der Waals surface area (Å²) in [5, 5.41) is 3.04. The van der Waals surface area contributed by atoms with Crippen LogP contribution in [0.5, 0.6) is 0 Å². The lowest BCUT2D eigenvalue weighted by molar-refractivity contribution is -0.141. The number of anilines is 1. The van der Waals surface area contributed by atoms with Crippen LogP contribution in [-0.4, -0.2) is 11.5 Å². The van der Waals surface area contributed by atoms with Crippen molar-refractivity contribution in [1.29, 1.82) is 0 Å². The molecule has 0 spiro atoms. The molecule has 2 nitrogen and oxygen atoms in total. The Morgan fingerprint density at radius 2 is 2.11 bits per heavy atom. The first-order valence-electron chi connectivity index (χ1n) is 6.73. The molecule has 0 amide bonds. The Labute approximate surface area is 111 Å². The molecule has 19 heavy (non-hydrogen) atoms. The molecule has 0 saturated heterocycles. The van der Waals surface area contributed by atoms with Crippen LogP contribution in [0.1, 0.15) is 38.3 Å². The smallest absolute Gasteiger partial charge is 0.370 e. The van der Waals surface area contributed by atoms with Gasteiger partial charge in [0.25, 0.3) is 0 Å². The van der Waals surface area contributed by atoms with Crippen molar-refractivity contribution < 1.29 is 13.2 Å². The Morgan fingerprint density at radius 1 is 1.32 bits per heavy atom. The zero-order chi connectivity index (χ0) is 13.9. The van der Waals surface area contributed by atoms with Crippen molar-refractivity contribution in [2.45, 2.75) is 38.8 Å². The molecule has 1 aromatic heterocycles. The standard InChI is InChI=1S/C14H19F3N2/c1-10-4-2-5-11(8-10)9-18-13-7-3-6-12(19-13)14(15,16)17/h3,6-7,10-11H,2,4-5,8-9H2,1H3,(H,18,19). The van der Waals surface area contributed by atoms with Gasteiger partial charge in [0.2, 0.25) is 0 Å². The lowest BCUT2D eigenvalue weighted by Gasteiger charge is -2.27. The van der Waals surface area contributed by atoms with E-state index in [1.807, 2.05) is 0 Å². The summed E-state index contributed by atoms with van der Waals surface area (Å²) in [5.74, 6) is 1.57. The minimum absolute atomic E-state index is 0.313. The van der Waals surface area contributed by atoms with Gasteiger partial charge in [0.05, 0.1) is 0 Å². The van der Waals surface area contributed by atoms with Crippen LogP contribution in [-0.2, 0) is 6.18 Å². The Morgan fingerprint density at radius 3 is 2.79 bits per heavy atom. The maximum absolute atomic E-state index is 12.5. The maximum atomic E-state index is 12.5. The zero-order valence-electron chi connectivity index (χ0n) is 11.0. The van der Waals surface area contributed by atoms with Crippen LogP contribution in [0.2, 0.25) is 0 Å². The average Bonchev–Trinajstić information content (AvgIpc) is 2.36. The van der Waals surface area contributed by atoms with Crippen molar-refractivity contribution >= 4 is 5.82 Å². The Bertz CT molecular complexity index is 417. The molecule has 2 atom stereocenters. The number of nitrogens with zero attached hydrogens (tertiary/aromatic N) is 1. The number of alkyl halides is 3. The van der Waals surface area contributed by atoms with Gasteiger partial charge in [-0.15, -0.1) is 0 Å². The van der Waals surface area contributed by atoms with Gasteiger partial charge in [-0.05, 0) is 36.8 Å². The lowest BCUT2D eigenvalue weighted by Crippen LogP contribution is -2.21. The van der Waals surface area contributed by atoms with Crippen LogP contribution < -0.4 is 5.32 Å². The molecule has 1 aromatic rings. The molecule has 0 bridgehead atoms. The van der Waals surface area contributed by atoms with Crippen LogP contribution in [0.15, 0.2) is 18.2 Å². The fraction of sp³-hybridized carbons (Fsp3) is 0.643. The highest BCUT2D eigenvalue weighted by Gasteiger charge is 2.32. The molecule has 1 heterocycles. The second-order valence-electron chi connectivity index (χ2n) is 5.42. The molecule has 2 unspecified atom stereocenters. The predicted molar refractivity (Wildman–Crippen MR) is 68.9 cm³/mol. The predicted octanol–water partition coefficient (Wildman–Crippen LogP) is 4.34. The molecule has 0 aliphatic heterocycles. The molecule has 5 heteroatoms. The van der Waals surface area contributed by atoms with E-state index in [4.69, 9.17) is 0 Å². The van der Waals surface area contributed by atoms with Crippen molar-refractivity contribution in [1.82, 2.24) is 4.98 Å². The summed E-state index contributed by atoms with van der Waals surface area (Å²) in [6.45, 7) is 2.94. The van der Waals surface area contributed by atoms with Gasteiger partial charge in [-0.2, -0.15) is 13.2 Å². The number of hydrogen-bond acceptors (Lipinski definition) is 2. The van der Waals surface area contributed by atoms with Gasteiger partial charge in [-0.3, -0.25) is 0 Å². The number of rotatable bonds is 3. The normalized spacial score (nSPS) is 24.2. The van der Waals surface area contributed by atoms with Crippen molar-refractivity contribution in [3.05, 3.63) is 23.9 Å². The van der Waals surface area contributed by atoms with E-state index < -0.39 is 11.9 Å². The SMILES string of the molecule is CC1CCCC(CNc2cccc(C(F)(F)F)n2)C1. The van der Waals surface area contributed by atoms with Crippen molar-refractivity contribution in [3.63, 3.8) is 0 Å². The highest BCUT2D eigenvalue weighted by molar-refractivity contribution is 5.35. The lowest BCUT2D eigenvalue weighted by atomic mass is 9.82. The molecular formula is C14H19F3N2. The summed E-state index contributed by atoms with van der Waals surface area (Å²) in [6, 6.07) is 3.97. The first kappa shape index (κ1) is 14.2. The number of aromatic nitrogens is 1. The number of nitrogens with one attached hydrogen (secondary N) is 1. The third kappa shape index (κ3) is 4.11. The molecule has 1 aliphatic rings. The largest absolute Gasteiger partial charge is 0.433 e. The van der Waals surface area contributed by atoms with Gasteiger partial charge in [-0.1, -0.05) is 25.8 Å². The summed E-state index contributed by atoms with van der Waals surface area (Å²) >= 11 is 0. The number of halogens is 3. The van der Waals surface area contributed by atoms with E-state index in [0.29, 0.717) is 18.3 Å². The van der Waals surface area contributed by atoms with Crippen molar-refractivity contribution in [2.75, 3.05) is 11.9 Å². The minimum atomic E-state index is -4.38. The Kier molecular flexibility index (Phi) is 4.32. The van der Waals surface area contributed by atoms with Crippen molar-refractivity contribution in [2.24, 2.45) is 11.8 Å². The van der Waals surface area contributed by atoms with E-state index in [0.717, 1.165) is 24.8 Å². The fourth-order valence-electron chi connectivity index (χ4n) is 2.69. The van der Waals surface area contributed by atoms with E-state index in [1.54, 1.807) is 6.07 Å². The number of hydrogen-bond donors (Lipinski definition) is 1. The topological polar surface area (TPSA) is 24.9 Å².